The standard InChI is InChI=1S/C17H23N5OS.ClH/c23-16(2-1-13-5-10-24-12-13)21-7-3-14(4-8-21)17-20-19-15-11-18-6-9-22(15)17;/h5,10,12,14,18H,1-4,6-9,11H2;1H. The predicted molar refractivity (Wildman–Crippen MR) is 100 cm³/mol. The van der Waals surface area contributed by atoms with E-state index in [1.54, 1.807) is 11.3 Å². The van der Waals surface area contributed by atoms with Gasteiger partial charge in [0.1, 0.15) is 11.6 Å². The monoisotopic (exact) mass is 381 g/mol. The number of piperidine rings is 1. The quantitative estimate of drug-likeness (QED) is 0.881. The van der Waals surface area contributed by atoms with Crippen LogP contribution in [0.5, 0.6) is 0 Å². The number of hydrogen-bond acceptors (Lipinski definition) is 5. The van der Waals surface area contributed by atoms with Crippen molar-refractivity contribution >= 4 is 29.7 Å². The molecular formula is C17H24ClN5OS. The number of thiophene rings is 1. The third kappa shape index (κ3) is 4.04. The molecule has 4 heterocycles. The maximum Gasteiger partial charge on any atom is 0.222 e. The first-order valence-corrected chi connectivity index (χ1v) is 9.67. The summed E-state index contributed by atoms with van der Waals surface area (Å²) in [5, 5.41) is 16.3. The summed E-state index contributed by atoms with van der Waals surface area (Å²) in [5.74, 6) is 2.89. The number of hydrogen-bond donors (Lipinski definition) is 1. The number of nitrogens with zero attached hydrogens (tertiary/aromatic N) is 4. The Morgan fingerprint density at radius 2 is 2.12 bits per heavy atom. The molecule has 0 aromatic carbocycles. The first-order valence-electron chi connectivity index (χ1n) is 8.73. The van der Waals surface area contributed by atoms with E-state index in [1.807, 2.05) is 4.90 Å². The van der Waals surface area contributed by atoms with Gasteiger partial charge >= 0.3 is 0 Å². The number of nitrogens with one attached hydrogen (secondary N) is 1. The van der Waals surface area contributed by atoms with Crippen LogP contribution in [0, 0.1) is 0 Å². The van der Waals surface area contributed by atoms with Crippen LogP contribution in [0.2, 0.25) is 0 Å². The second-order valence-corrected chi connectivity index (χ2v) is 7.37. The Bertz CT molecular complexity index is 694. The normalized spacial score (nSPS) is 17.8. The highest BCUT2D eigenvalue weighted by atomic mass is 35.5. The molecule has 2 aliphatic heterocycles. The molecule has 0 unspecified atom stereocenters. The Labute approximate surface area is 158 Å². The summed E-state index contributed by atoms with van der Waals surface area (Å²) in [4.78, 5) is 14.4. The predicted octanol–water partition coefficient (Wildman–Crippen LogP) is 2.20. The van der Waals surface area contributed by atoms with Crippen molar-refractivity contribution in [2.24, 2.45) is 0 Å². The van der Waals surface area contributed by atoms with Gasteiger partial charge in [0.2, 0.25) is 5.91 Å². The van der Waals surface area contributed by atoms with Crippen LogP contribution in [-0.2, 0) is 24.3 Å². The highest BCUT2D eigenvalue weighted by Gasteiger charge is 2.28. The van der Waals surface area contributed by atoms with Crippen molar-refractivity contribution in [1.82, 2.24) is 25.0 Å². The van der Waals surface area contributed by atoms with Crippen LogP contribution in [0.1, 0.15) is 42.4 Å². The summed E-state index contributed by atoms with van der Waals surface area (Å²) in [5.41, 5.74) is 1.27. The summed E-state index contributed by atoms with van der Waals surface area (Å²) in [6, 6.07) is 2.10. The minimum absolute atomic E-state index is 0. The number of fused-ring (bicyclic) bond motifs is 1. The average molecular weight is 382 g/mol. The van der Waals surface area contributed by atoms with E-state index in [0.717, 1.165) is 63.6 Å². The van der Waals surface area contributed by atoms with Crippen molar-refractivity contribution in [1.29, 1.82) is 0 Å². The third-order valence-electron chi connectivity index (χ3n) is 5.07. The van der Waals surface area contributed by atoms with Gasteiger partial charge in [-0.3, -0.25) is 4.79 Å². The topological polar surface area (TPSA) is 63.1 Å². The number of aromatic nitrogens is 3. The number of aryl methyl sites for hydroxylation is 1. The molecule has 0 atom stereocenters. The molecule has 1 saturated heterocycles. The molecule has 136 valence electrons. The molecule has 4 rings (SSSR count). The van der Waals surface area contributed by atoms with Gasteiger partial charge in [0.05, 0.1) is 6.54 Å². The molecule has 0 radical (unpaired) electrons. The van der Waals surface area contributed by atoms with Crippen molar-refractivity contribution in [3.8, 4) is 0 Å². The summed E-state index contributed by atoms with van der Waals surface area (Å²) >= 11 is 1.69. The van der Waals surface area contributed by atoms with Gasteiger partial charge in [-0.15, -0.1) is 22.6 Å². The third-order valence-corrected chi connectivity index (χ3v) is 5.80. The number of carbonyl (C=O) groups is 1. The van der Waals surface area contributed by atoms with Crippen molar-refractivity contribution in [3.63, 3.8) is 0 Å². The zero-order valence-corrected chi connectivity index (χ0v) is 15.8. The molecule has 0 aliphatic carbocycles. The van der Waals surface area contributed by atoms with Crippen molar-refractivity contribution in [2.45, 2.75) is 44.7 Å². The highest BCUT2D eigenvalue weighted by molar-refractivity contribution is 7.07. The van der Waals surface area contributed by atoms with Crippen LogP contribution < -0.4 is 5.32 Å². The van der Waals surface area contributed by atoms with Gasteiger partial charge in [-0.25, -0.2) is 0 Å². The van der Waals surface area contributed by atoms with Crippen molar-refractivity contribution in [2.75, 3.05) is 19.6 Å². The molecule has 1 fully saturated rings. The fourth-order valence-corrected chi connectivity index (χ4v) is 4.35. The number of likely N-dealkylation sites (tertiary alicyclic amines) is 1. The van der Waals surface area contributed by atoms with E-state index in [2.05, 4.69) is 36.9 Å². The van der Waals surface area contributed by atoms with Gasteiger partial charge in [-0.05, 0) is 41.7 Å². The molecule has 0 bridgehead atoms. The van der Waals surface area contributed by atoms with Gasteiger partial charge < -0.3 is 14.8 Å². The zero-order chi connectivity index (χ0) is 16.4. The van der Waals surface area contributed by atoms with Crippen LogP contribution in [0.3, 0.4) is 0 Å². The number of carbonyl (C=O) groups excluding carboxylic acids is 1. The first kappa shape index (κ1) is 18.4. The molecule has 6 nitrogen and oxygen atoms in total. The van der Waals surface area contributed by atoms with Crippen molar-refractivity contribution in [3.05, 3.63) is 34.0 Å². The molecule has 2 aromatic rings. The van der Waals surface area contributed by atoms with Crippen LogP contribution in [0.15, 0.2) is 16.8 Å². The van der Waals surface area contributed by atoms with Crippen LogP contribution in [-0.4, -0.2) is 45.2 Å². The molecule has 2 aromatic heterocycles. The fourth-order valence-electron chi connectivity index (χ4n) is 3.65. The highest BCUT2D eigenvalue weighted by Crippen LogP contribution is 2.28. The molecule has 0 saturated carbocycles. The fraction of sp³-hybridized carbons (Fsp3) is 0.588. The van der Waals surface area contributed by atoms with Gasteiger partial charge in [0, 0.05) is 38.5 Å². The Kier molecular flexibility index (Phi) is 6.09. The Morgan fingerprint density at radius 3 is 2.88 bits per heavy atom. The molecule has 25 heavy (non-hydrogen) atoms. The summed E-state index contributed by atoms with van der Waals surface area (Å²) in [7, 11) is 0. The molecule has 0 spiro atoms. The lowest BCUT2D eigenvalue weighted by Crippen LogP contribution is -2.39. The summed E-state index contributed by atoms with van der Waals surface area (Å²) in [6.07, 6.45) is 3.46. The lowest BCUT2D eigenvalue weighted by atomic mass is 9.95. The smallest absolute Gasteiger partial charge is 0.222 e. The van der Waals surface area contributed by atoms with Gasteiger partial charge in [-0.2, -0.15) is 11.3 Å². The van der Waals surface area contributed by atoms with Crippen molar-refractivity contribution < 1.29 is 4.79 Å². The summed E-state index contributed by atoms with van der Waals surface area (Å²) < 4.78 is 2.27. The molecule has 8 heteroatoms. The first-order chi connectivity index (χ1) is 11.8. The lowest BCUT2D eigenvalue weighted by Gasteiger charge is -2.32. The van der Waals surface area contributed by atoms with E-state index < -0.39 is 0 Å². The number of amides is 1. The average Bonchev–Trinajstić information content (AvgIpc) is 3.29. The van der Waals surface area contributed by atoms with E-state index in [9.17, 15) is 4.79 Å². The Balaban J connectivity index is 0.00000182. The van der Waals surface area contributed by atoms with Gasteiger partial charge in [-0.1, -0.05) is 0 Å². The van der Waals surface area contributed by atoms with E-state index >= 15 is 0 Å². The van der Waals surface area contributed by atoms with E-state index in [4.69, 9.17) is 0 Å². The maximum absolute atomic E-state index is 12.4. The second kappa shape index (κ2) is 8.29. The largest absolute Gasteiger partial charge is 0.343 e. The van der Waals surface area contributed by atoms with E-state index in [0.29, 0.717) is 12.3 Å². The van der Waals surface area contributed by atoms with Gasteiger partial charge in [0.15, 0.2) is 0 Å². The lowest BCUT2D eigenvalue weighted by molar-refractivity contribution is -0.132. The zero-order valence-electron chi connectivity index (χ0n) is 14.2. The minimum atomic E-state index is 0. The van der Waals surface area contributed by atoms with E-state index in [1.165, 1.54) is 5.56 Å². The second-order valence-electron chi connectivity index (χ2n) is 6.59. The number of rotatable bonds is 4. The Morgan fingerprint density at radius 1 is 1.28 bits per heavy atom. The Hall–Kier alpha value is -1.44. The van der Waals surface area contributed by atoms with E-state index in [-0.39, 0.29) is 18.3 Å². The van der Waals surface area contributed by atoms with Gasteiger partial charge in [0.25, 0.3) is 0 Å². The van der Waals surface area contributed by atoms with Crippen LogP contribution >= 0.6 is 23.7 Å². The SMILES string of the molecule is Cl.O=C(CCc1ccsc1)N1CCC(c2nnc3n2CCNC3)CC1. The van der Waals surface area contributed by atoms with Crippen LogP contribution in [0.4, 0.5) is 0 Å². The maximum atomic E-state index is 12.4. The summed E-state index contributed by atoms with van der Waals surface area (Å²) in [6.45, 7) is 4.43. The molecule has 1 N–H and O–H groups in total. The molecule has 2 aliphatic rings. The number of halogens is 1. The molecular weight excluding hydrogens is 358 g/mol. The van der Waals surface area contributed by atoms with Crippen LogP contribution in [0.25, 0.3) is 0 Å². The minimum Gasteiger partial charge on any atom is -0.343 e. The molecule has 1 amide bonds.